The number of aliphatic hydroxyl groups is 2. The summed E-state index contributed by atoms with van der Waals surface area (Å²) in [6.45, 7) is -1.36. The zero-order valence-corrected chi connectivity index (χ0v) is 17.1. The van der Waals surface area contributed by atoms with Crippen LogP contribution in [-0.4, -0.2) is 68.6 Å². The Morgan fingerprint density at radius 1 is 0.765 bits per heavy atom. The van der Waals surface area contributed by atoms with Gasteiger partial charge in [0.05, 0.1) is 23.1 Å². The Morgan fingerprint density at radius 2 is 1.09 bits per heavy atom. The zero-order chi connectivity index (χ0) is 24.7. The van der Waals surface area contributed by atoms with E-state index < -0.39 is 58.4 Å². The van der Waals surface area contributed by atoms with Crippen LogP contribution >= 0.6 is 0 Å². The minimum atomic E-state index is -2.40. The highest BCUT2D eigenvalue weighted by molar-refractivity contribution is 5.86. The Morgan fingerprint density at radius 3 is 1.38 bits per heavy atom. The van der Waals surface area contributed by atoms with Crippen molar-refractivity contribution >= 4 is 23.3 Å². The minimum absolute atomic E-state index is 0.0988. The van der Waals surface area contributed by atoms with Gasteiger partial charge in [-0.3, -0.25) is 20.2 Å². The predicted molar refractivity (Wildman–Crippen MR) is 107 cm³/mol. The highest BCUT2D eigenvalue weighted by Crippen LogP contribution is 2.41. The Kier molecular flexibility index (Phi) is 5.74. The smallest absolute Gasteiger partial charge is 0.348 e. The highest BCUT2D eigenvalue weighted by atomic mass is 16.6. The molecule has 2 aromatic carbocycles. The molecule has 0 saturated carbocycles. The van der Waals surface area contributed by atoms with Crippen molar-refractivity contribution in [3.63, 3.8) is 0 Å². The Labute approximate surface area is 189 Å². The van der Waals surface area contributed by atoms with Crippen LogP contribution in [0, 0.1) is 20.2 Å². The molecular weight excluding hydrogens is 460 g/mol. The van der Waals surface area contributed by atoms with Crippen LogP contribution in [0.1, 0.15) is 0 Å². The first-order valence-electron chi connectivity index (χ1n) is 9.66. The molecule has 2 aromatic rings. The molecule has 178 valence electrons. The normalized spacial score (nSPS) is 27.6. The Balaban J connectivity index is 1.45. The van der Waals surface area contributed by atoms with E-state index in [4.69, 9.17) is 18.9 Å². The summed E-state index contributed by atoms with van der Waals surface area (Å²) in [5.41, 5.74) is -5.27. The molecule has 4 rings (SSSR count). The Hall–Kier alpha value is -3.98. The second-order valence-corrected chi connectivity index (χ2v) is 7.59. The van der Waals surface area contributed by atoms with E-state index in [0.717, 1.165) is 48.5 Å². The molecule has 0 unspecified atom stereocenters. The lowest BCUT2D eigenvalue weighted by molar-refractivity contribution is -0.385. The quantitative estimate of drug-likeness (QED) is 0.250. The molecule has 0 radical (unpaired) electrons. The fraction of sp³-hybridized carbons (Fsp3) is 0.300. The van der Waals surface area contributed by atoms with E-state index in [1.54, 1.807) is 0 Å². The maximum atomic E-state index is 12.6. The third kappa shape index (κ3) is 3.94. The van der Waals surface area contributed by atoms with Crippen LogP contribution in [0.3, 0.4) is 0 Å². The lowest BCUT2D eigenvalue weighted by atomic mass is 9.90. The largest absolute Gasteiger partial charge is 0.424 e. The molecule has 34 heavy (non-hydrogen) atoms. The van der Waals surface area contributed by atoms with Gasteiger partial charge in [-0.2, -0.15) is 0 Å². The predicted octanol–water partition coefficient (Wildman–Crippen LogP) is 0.274. The second kappa shape index (κ2) is 8.42. The van der Waals surface area contributed by atoms with E-state index in [9.17, 15) is 40.0 Å². The summed E-state index contributed by atoms with van der Waals surface area (Å²) in [7, 11) is 0. The second-order valence-electron chi connectivity index (χ2n) is 7.59. The molecule has 14 nitrogen and oxygen atoms in total. The monoisotopic (exact) mass is 476 g/mol. The van der Waals surface area contributed by atoms with Crippen LogP contribution in [0.25, 0.3) is 0 Å². The number of nitrogens with zero attached hydrogens (tertiary/aromatic N) is 2. The zero-order valence-electron chi connectivity index (χ0n) is 17.1. The lowest BCUT2D eigenvalue weighted by Gasteiger charge is -2.25. The molecule has 0 spiro atoms. The summed E-state index contributed by atoms with van der Waals surface area (Å²) in [6, 6.07) is 9.00. The SMILES string of the molecule is O=C(Oc1ccc([N+](=O)[O-])cc1)[C@@]1(O)CO[C@H]2[C@@H]1OC[C@]2(O)C(=O)Oc1ccc([N+](=O)[O-])cc1. The van der Waals surface area contributed by atoms with Gasteiger partial charge in [0.1, 0.15) is 23.7 Å². The van der Waals surface area contributed by atoms with Gasteiger partial charge in [0, 0.05) is 24.3 Å². The van der Waals surface area contributed by atoms with Crippen molar-refractivity contribution in [3.8, 4) is 11.5 Å². The number of carbonyl (C=O) groups is 2. The standard InChI is InChI=1S/C20H16N2O12/c23-17(33-13-5-1-11(2-6-13)21(27)28)19(25)9-31-16-15(19)32-10-20(16,26)18(24)34-14-7-3-12(4-8-14)22(29)30/h1-8,15-16,25-26H,9-10H2/t15-,16-,19+,20+/m0/s1. The number of ether oxygens (including phenoxy) is 4. The molecule has 0 amide bonds. The van der Waals surface area contributed by atoms with E-state index in [0.29, 0.717) is 0 Å². The van der Waals surface area contributed by atoms with Gasteiger partial charge in [-0.1, -0.05) is 0 Å². The van der Waals surface area contributed by atoms with Gasteiger partial charge in [-0.05, 0) is 24.3 Å². The third-order valence-corrected chi connectivity index (χ3v) is 5.41. The van der Waals surface area contributed by atoms with Gasteiger partial charge in [0.2, 0.25) is 11.2 Å². The average Bonchev–Trinajstić information content (AvgIpc) is 3.34. The van der Waals surface area contributed by atoms with Crippen molar-refractivity contribution in [1.29, 1.82) is 0 Å². The third-order valence-electron chi connectivity index (χ3n) is 5.41. The van der Waals surface area contributed by atoms with Crippen LogP contribution in [-0.2, 0) is 19.1 Å². The maximum absolute atomic E-state index is 12.6. The van der Waals surface area contributed by atoms with Crippen LogP contribution in [0.4, 0.5) is 11.4 Å². The van der Waals surface area contributed by atoms with Crippen molar-refractivity contribution in [2.75, 3.05) is 13.2 Å². The van der Waals surface area contributed by atoms with Crippen molar-refractivity contribution in [2.45, 2.75) is 23.4 Å². The number of hydrogen-bond donors (Lipinski definition) is 2. The van der Waals surface area contributed by atoms with Crippen LogP contribution in [0.15, 0.2) is 48.5 Å². The van der Waals surface area contributed by atoms with Gasteiger partial charge in [-0.25, -0.2) is 9.59 Å². The van der Waals surface area contributed by atoms with Crippen molar-refractivity contribution in [3.05, 3.63) is 68.8 Å². The van der Waals surface area contributed by atoms with E-state index in [2.05, 4.69) is 0 Å². The van der Waals surface area contributed by atoms with Gasteiger partial charge >= 0.3 is 11.9 Å². The molecule has 0 aromatic heterocycles. The Bertz CT molecular complexity index is 1060. The van der Waals surface area contributed by atoms with Crippen LogP contribution in [0.5, 0.6) is 11.5 Å². The summed E-state index contributed by atoms with van der Waals surface area (Å²) in [5.74, 6) is -2.64. The first-order valence-corrected chi connectivity index (χ1v) is 9.66. The number of hydrogen-bond acceptors (Lipinski definition) is 12. The number of esters is 2. The van der Waals surface area contributed by atoms with Crippen molar-refractivity contribution in [1.82, 2.24) is 0 Å². The highest BCUT2D eigenvalue weighted by Gasteiger charge is 2.68. The minimum Gasteiger partial charge on any atom is -0.424 e. The summed E-state index contributed by atoms with van der Waals surface area (Å²) < 4.78 is 20.8. The number of carbonyl (C=O) groups excluding carboxylic acids is 2. The number of non-ortho nitro benzene ring substituents is 2. The molecule has 0 aliphatic carbocycles. The van der Waals surface area contributed by atoms with Gasteiger partial charge in [-0.15, -0.1) is 0 Å². The van der Waals surface area contributed by atoms with Crippen LogP contribution in [0.2, 0.25) is 0 Å². The average molecular weight is 476 g/mol. The summed E-state index contributed by atoms with van der Waals surface area (Å²) >= 11 is 0. The fourth-order valence-corrected chi connectivity index (χ4v) is 3.56. The van der Waals surface area contributed by atoms with E-state index in [1.807, 2.05) is 0 Å². The van der Waals surface area contributed by atoms with Gasteiger partial charge in [0.15, 0.2) is 0 Å². The molecule has 2 heterocycles. The lowest BCUT2D eigenvalue weighted by Crippen LogP contribution is -2.55. The summed E-state index contributed by atoms with van der Waals surface area (Å²) in [4.78, 5) is 45.5. The number of nitro benzene ring substituents is 2. The molecule has 4 atom stereocenters. The molecule has 2 aliphatic heterocycles. The first-order chi connectivity index (χ1) is 16.0. The molecule has 14 heteroatoms. The number of benzene rings is 2. The van der Waals surface area contributed by atoms with E-state index in [-0.39, 0.29) is 22.9 Å². The molecule has 2 aliphatic rings. The van der Waals surface area contributed by atoms with E-state index in [1.165, 1.54) is 0 Å². The molecule has 2 N–H and O–H groups in total. The van der Waals surface area contributed by atoms with E-state index >= 15 is 0 Å². The fourth-order valence-electron chi connectivity index (χ4n) is 3.56. The number of fused-ring (bicyclic) bond motifs is 1. The van der Waals surface area contributed by atoms with Crippen LogP contribution < -0.4 is 9.47 Å². The van der Waals surface area contributed by atoms with Gasteiger partial charge < -0.3 is 29.2 Å². The van der Waals surface area contributed by atoms with Gasteiger partial charge in [0.25, 0.3) is 11.4 Å². The molecular formula is C20H16N2O12. The molecule has 2 saturated heterocycles. The maximum Gasteiger partial charge on any atom is 0.348 e. The molecule has 0 bridgehead atoms. The van der Waals surface area contributed by atoms with Crippen molar-refractivity contribution in [2.24, 2.45) is 0 Å². The summed E-state index contributed by atoms with van der Waals surface area (Å²) in [6.07, 6.45) is -2.99. The topological polar surface area (TPSA) is 198 Å². The number of rotatable bonds is 6. The first kappa shape index (κ1) is 23.2. The summed E-state index contributed by atoms with van der Waals surface area (Å²) in [5, 5.41) is 43.2. The van der Waals surface area contributed by atoms with Crippen molar-refractivity contribution < 1.29 is 48.6 Å². The molecule has 2 fully saturated rings. The number of nitro groups is 2.